The summed E-state index contributed by atoms with van der Waals surface area (Å²) in [6.07, 6.45) is 4.62. The van der Waals surface area contributed by atoms with E-state index in [0.29, 0.717) is 5.13 Å². The fraction of sp³-hybridized carbons (Fsp3) is 0.438. The molecule has 6 nitrogen and oxygen atoms in total. The number of thiazole rings is 1. The van der Waals surface area contributed by atoms with Gasteiger partial charge in [0.05, 0.1) is 5.69 Å². The summed E-state index contributed by atoms with van der Waals surface area (Å²) in [6, 6.07) is 3.98. The highest BCUT2D eigenvalue weighted by molar-refractivity contribution is 7.15. The van der Waals surface area contributed by atoms with E-state index in [1.54, 1.807) is 17.5 Å². The maximum Gasteiger partial charge on any atom is 0.321 e. The topological polar surface area (TPSA) is 70.2 Å². The first-order valence-corrected chi connectivity index (χ1v) is 8.59. The molecular weight excluding hydrogens is 310 g/mol. The van der Waals surface area contributed by atoms with E-state index in [-0.39, 0.29) is 12.1 Å². The average Bonchev–Trinajstić information content (AvgIpc) is 2.88. The van der Waals surface area contributed by atoms with Crippen molar-refractivity contribution in [1.29, 1.82) is 0 Å². The Hall–Kier alpha value is -1.99. The van der Waals surface area contributed by atoms with Gasteiger partial charge in [0.1, 0.15) is 0 Å². The van der Waals surface area contributed by atoms with Crippen molar-refractivity contribution in [2.75, 3.05) is 11.9 Å². The van der Waals surface area contributed by atoms with Gasteiger partial charge in [-0.25, -0.2) is 9.78 Å². The van der Waals surface area contributed by atoms with Crippen LogP contribution in [-0.2, 0) is 19.5 Å². The van der Waals surface area contributed by atoms with Crippen LogP contribution in [0.25, 0.3) is 0 Å². The molecule has 1 aliphatic heterocycles. The van der Waals surface area contributed by atoms with Gasteiger partial charge in [0.2, 0.25) is 0 Å². The summed E-state index contributed by atoms with van der Waals surface area (Å²) < 4.78 is 0. The number of pyridine rings is 1. The number of carbonyl (C=O) groups is 1. The van der Waals surface area contributed by atoms with E-state index in [4.69, 9.17) is 0 Å². The number of hydrogen-bond acceptors (Lipinski definition) is 5. The molecule has 2 aromatic rings. The molecule has 2 N–H and O–H groups in total. The molecule has 23 heavy (non-hydrogen) atoms. The summed E-state index contributed by atoms with van der Waals surface area (Å²) in [7, 11) is 0. The summed E-state index contributed by atoms with van der Waals surface area (Å²) in [4.78, 5) is 24.1. The van der Waals surface area contributed by atoms with Crippen LogP contribution in [-0.4, -0.2) is 33.5 Å². The normalized spacial score (nSPS) is 14.6. The molecule has 0 spiro atoms. The molecule has 1 aliphatic rings. The molecule has 0 bridgehead atoms. The number of nitrogens with one attached hydrogen (secondary N) is 2. The quantitative estimate of drug-likeness (QED) is 0.903. The molecular formula is C16H21N5OS. The second-order valence-electron chi connectivity index (χ2n) is 5.96. The van der Waals surface area contributed by atoms with Crippen molar-refractivity contribution in [3.63, 3.8) is 0 Å². The van der Waals surface area contributed by atoms with Gasteiger partial charge < -0.3 is 5.32 Å². The Morgan fingerprint density at radius 2 is 2.35 bits per heavy atom. The Morgan fingerprint density at radius 1 is 1.48 bits per heavy atom. The Kier molecular flexibility index (Phi) is 4.88. The lowest BCUT2D eigenvalue weighted by Crippen LogP contribution is -2.34. The molecule has 0 unspecified atom stereocenters. The van der Waals surface area contributed by atoms with E-state index in [1.807, 2.05) is 26.1 Å². The van der Waals surface area contributed by atoms with Crippen LogP contribution in [0.2, 0.25) is 0 Å². The monoisotopic (exact) mass is 331 g/mol. The molecule has 2 aromatic heterocycles. The van der Waals surface area contributed by atoms with Crippen molar-refractivity contribution in [3.05, 3.63) is 40.7 Å². The van der Waals surface area contributed by atoms with Crippen LogP contribution < -0.4 is 10.6 Å². The number of rotatable bonds is 4. The number of nitrogens with zero attached hydrogens (tertiary/aromatic N) is 3. The van der Waals surface area contributed by atoms with E-state index in [0.717, 1.165) is 31.7 Å². The highest BCUT2D eigenvalue weighted by Gasteiger charge is 2.21. The van der Waals surface area contributed by atoms with Crippen LogP contribution in [0.5, 0.6) is 0 Å². The predicted molar refractivity (Wildman–Crippen MR) is 91.5 cm³/mol. The molecule has 0 saturated carbocycles. The second kappa shape index (κ2) is 7.06. The minimum Gasteiger partial charge on any atom is -0.336 e. The zero-order valence-corrected chi connectivity index (χ0v) is 14.2. The maximum absolute atomic E-state index is 11.8. The number of urea groups is 1. The number of amides is 2. The van der Waals surface area contributed by atoms with E-state index < -0.39 is 0 Å². The first kappa shape index (κ1) is 15.9. The van der Waals surface area contributed by atoms with Crippen molar-refractivity contribution < 1.29 is 4.79 Å². The Bertz CT molecular complexity index is 670. The minimum absolute atomic E-state index is 0.111. The molecule has 0 atom stereocenters. The molecule has 3 rings (SSSR count). The molecule has 0 aliphatic carbocycles. The zero-order valence-electron chi connectivity index (χ0n) is 13.4. The van der Waals surface area contributed by atoms with Crippen LogP contribution in [0.15, 0.2) is 24.5 Å². The minimum atomic E-state index is -0.196. The van der Waals surface area contributed by atoms with E-state index in [1.165, 1.54) is 10.4 Å². The maximum atomic E-state index is 11.8. The first-order valence-electron chi connectivity index (χ1n) is 7.77. The van der Waals surface area contributed by atoms with Crippen LogP contribution in [0, 0.1) is 0 Å². The zero-order chi connectivity index (χ0) is 16.2. The summed E-state index contributed by atoms with van der Waals surface area (Å²) in [5.74, 6) is 0. The van der Waals surface area contributed by atoms with E-state index >= 15 is 0 Å². The average molecular weight is 331 g/mol. The third kappa shape index (κ3) is 4.27. The first-order chi connectivity index (χ1) is 11.1. The van der Waals surface area contributed by atoms with Crippen molar-refractivity contribution in [1.82, 2.24) is 20.2 Å². The van der Waals surface area contributed by atoms with Crippen molar-refractivity contribution in [2.45, 2.75) is 39.4 Å². The van der Waals surface area contributed by atoms with Crippen LogP contribution >= 0.6 is 11.3 Å². The highest BCUT2D eigenvalue weighted by Crippen LogP contribution is 2.28. The number of anilines is 1. The summed E-state index contributed by atoms with van der Waals surface area (Å²) in [6.45, 7) is 6.60. The third-order valence-corrected chi connectivity index (χ3v) is 4.58. The molecule has 122 valence electrons. The molecule has 0 saturated heterocycles. The lowest BCUT2D eigenvalue weighted by atomic mass is 10.1. The van der Waals surface area contributed by atoms with Gasteiger partial charge in [-0.05, 0) is 25.5 Å². The van der Waals surface area contributed by atoms with Gasteiger partial charge in [0.15, 0.2) is 5.13 Å². The predicted octanol–water partition coefficient (Wildman–Crippen LogP) is 2.63. The summed E-state index contributed by atoms with van der Waals surface area (Å²) >= 11 is 1.56. The van der Waals surface area contributed by atoms with E-state index in [9.17, 15) is 4.79 Å². The van der Waals surface area contributed by atoms with Gasteiger partial charge >= 0.3 is 6.03 Å². The third-order valence-electron chi connectivity index (χ3n) is 3.58. The number of aromatic nitrogens is 2. The molecule has 0 fully saturated rings. The molecule has 2 amide bonds. The lowest BCUT2D eigenvalue weighted by molar-refractivity contribution is 0.247. The molecule has 0 radical (unpaired) electrons. The van der Waals surface area contributed by atoms with Crippen molar-refractivity contribution in [2.24, 2.45) is 0 Å². The van der Waals surface area contributed by atoms with Crippen molar-refractivity contribution >= 4 is 22.5 Å². The largest absolute Gasteiger partial charge is 0.336 e. The van der Waals surface area contributed by atoms with Gasteiger partial charge in [-0.2, -0.15) is 0 Å². The molecule has 0 aromatic carbocycles. The lowest BCUT2D eigenvalue weighted by Gasteiger charge is -2.25. The van der Waals surface area contributed by atoms with Crippen molar-refractivity contribution in [3.8, 4) is 0 Å². The highest BCUT2D eigenvalue weighted by atomic mass is 32.1. The van der Waals surface area contributed by atoms with Gasteiger partial charge in [-0.1, -0.05) is 6.07 Å². The summed E-state index contributed by atoms with van der Waals surface area (Å²) in [5.41, 5.74) is 2.33. The van der Waals surface area contributed by atoms with Crippen LogP contribution in [0.4, 0.5) is 9.93 Å². The van der Waals surface area contributed by atoms with Crippen LogP contribution in [0.1, 0.15) is 30.0 Å². The van der Waals surface area contributed by atoms with E-state index in [2.05, 4.69) is 31.6 Å². The van der Waals surface area contributed by atoms with Gasteiger partial charge in [0.25, 0.3) is 0 Å². The van der Waals surface area contributed by atoms with Crippen LogP contribution in [0.3, 0.4) is 0 Å². The standard InChI is InChI=1S/C16H21N5OS/c1-11(2)18-15(22)20-16-19-13-5-7-21(10-14(13)23-16)9-12-4-3-6-17-8-12/h3-4,6,8,11H,5,7,9-10H2,1-2H3,(H2,18,19,20,22). The Labute approximate surface area is 140 Å². The number of carbonyl (C=O) groups excluding carboxylic acids is 1. The molecule has 7 heteroatoms. The van der Waals surface area contributed by atoms with Gasteiger partial charge in [0, 0.05) is 49.4 Å². The van der Waals surface area contributed by atoms with Gasteiger partial charge in [-0.3, -0.25) is 15.2 Å². The number of hydrogen-bond donors (Lipinski definition) is 2. The second-order valence-corrected chi connectivity index (χ2v) is 7.05. The smallest absolute Gasteiger partial charge is 0.321 e. The number of fused-ring (bicyclic) bond motifs is 1. The summed E-state index contributed by atoms with van der Waals surface area (Å²) in [5, 5.41) is 6.31. The van der Waals surface area contributed by atoms with Gasteiger partial charge in [-0.15, -0.1) is 11.3 Å². The Morgan fingerprint density at radius 3 is 3.09 bits per heavy atom. The Balaban J connectivity index is 1.61. The fourth-order valence-corrected chi connectivity index (χ4v) is 3.63. The molecule has 3 heterocycles. The SMILES string of the molecule is CC(C)NC(=O)Nc1nc2c(s1)CN(Cc1cccnc1)CC2. The fourth-order valence-electron chi connectivity index (χ4n) is 2.58.